The highest BCUT2D eigenvalue weighted by molar-refractivity contribution is 5.80. The molecule has 0 amide bonds. The smallest absolute Gasteiger partial charge is 0.181 e. The second-order valence-electron chi connectivity index (χ2n) is 8.09. The van der Waals surface area contributed by atoms with Crippen molar-refractivity contribution in [3.05, 3.63) is 83.9 Å². The first-order valence-corrected chi connectivity index (χ1v) is 10.8. The van der Waals surface area contributed by atoms with Gasteiger partial charge in [-0.3, -0.25) is 0 Å². The van der Waals surface area contributed by atoms with Crippen molar-refractivity contribution in [1.82, 2.24) is 14.4 Å². The van der Waals surface area contributed by atoms with Gasteiger partial charge in [-0.2, -0.15) is 0 Å². The van der Waals surface area contributed by atoms with E-state index in [0.717, 1.165) is 50.7 Å². The van der Waals surface area contributed by atoms with E-state index in [0.29, 0.717) is 18.1 Å². The highest BCUT2D eigenvalue weighted by Crippen LogP contribution is 2.36. The number of nitrogens with zero attached hydrogens (tertiary/aromatic N) is 3. The molecule has 0 aliphatic carbocycles. The number of methoxy groups -OCH3 is 1. The molecule has 0 spiro atoms. The molecule has 7 nitrogen and oxygen atoms in total. The Hall–Kier alpha value is -4.17. The molecule has 0 bridgehead atoms. The standard InChI is InChI=1S/C26H24FN5O2/c1-15-8-18(27)4-6-20(15)23-13-32-12-17(11-28)9-22(26(32)31-23)30-19-5-7-21(24(10-19)33-3)25-16(2)29-14-34-25/h4-10,12-14,30H,11,28H2,1-3H3. The molecule has 8 heteroatoms. The van der Waals surface area contributed by atoms with Crippen LogP contribution in [-0.4, -0.2) is 21.5 Å². The number of ether oxygens (including phenoxy) is 1. The van der Waals surface area contributed by atoms with Gasteiger partial charge in [-0.15, -0.1) is 0 Å². The molecule has 0 unspecified atom stereocenters. The Morgan fingerprint density at radius 1 is 1.09 bits per heavy atom. The molecule has 2 aromatic carbocycles. The zero-order chi connectivity index (χ0) is 23.8. The number of fused-ring (bicyclic) bond motifs is 1. The van der Waals surface area contributed by atoms with Gasteiger partial charge in [-0.05, 0) is 61.4 Å². The molecule has 3 heterocycles. The molecular formula is C26H24FN5O2. The van der Waals surface area contributed by atoms with Crippen molar-refractivity contribution in [1.29, 1.82) is 0 Å². The molecule has 5 rings (SSSR count). The average Bonchev–Trinajstić information content (AvgIpc) is 3.45. The Labute approximate surface area is 196 Å². The number of aromatic nitrogens is 3. The Morgan fingerprint density at radius 3 is 2.62 bits per heavy atom. The summed E-state index contributed by atoms with van der Waals surface area (Å²) in [6, 6.07) is 12.5. The van der Waals surface area contributed by atoms with Crippen LogP contribution in [0.1, 0.15) is 16.8 Å². The number of hydrogen-bond donors (Lipinski definition) is 2. The maximum absolute atomic E-state index is 13.6. The van der Waals surface area contributed by atoms with E-state index in [2.05, 4.69) is 10.3 Å². The van der Waals surface area contributed by atoms with Crippen molar-refractivity contribution in [2.24, 2.45) is 5.73 Å². The number of oxazole rings is 1. The molecule has 0 radical (unpaired) electrons. The number of benzene rings is 2. The summed E-state index contributed by atoms with van der Waals surface area (Å²) in [6.07, 6.45) is 5.30. The number of imidazole rings is 1. The van der Waals surface area contributed by atoms with Gasteiger partial charge in [0.25, 0.3) is 0 Å². The van der Waals surface area contributed by atoms with Crippen LogP contribution in [-0.2, 0) is 6.54 Å². The number of rotatable bonds is 6. The summed E-state index contributed by atoms with van der Waals surface area (Å²) in [7, 11) is 1.62. The monoisotopic (exact) mass is 457 g/mol. The first-order chi connectivity index (χ1) is 16.5. The van der Waals surface area contributed by atoms with Crippen LogP contribution < -0.4 is 15.8 Å². The fourth-order valence-corrected chi connectivity index (χ4v) is 4.08. The van der Waals surface area contributed by atoms with E-state index in [9.17, 15) is 4.39 Å². The minimum absolute atomic E-state index is 0.268. The Balaban J connectivity index is 1.57. The van der Waals surface area contributed by atoms with Crippen LogP contribution in [0.5, 0.6) is 5.75 Å². The SMILES string of the molecule is COc1cc(Nc2cc(CN)cn3cc(-c4ccc(F)cc4C)nc23)ccc1-c1ocnc1C. The lowest BCUT2D eigenvalue weighted by Gasteiger charge is -2.13. The second-order valence-corrected chi connectivity index (χ2v) is 8.09. The van der Waals surface area contributed by atoms with E-state index in [-0.39, 0.29) is 5.82 Å². The maximum Gasteiger partial charge on any atom is 0.181 e. The topological polar surface area (TPSA) is 90.6 Å². The number of nitrogens with one attached hydrogen (secondary N) is 1. The van der Waals surface area contributed by atoms with E-state index < -0.39 is 0 Å². The molecule has 0 fully saturated rings. The van der Waals surface area contributed by atoms with Crippen molar-refractivity contribution in [3.8, 4) is 28.3 Å². The van der Waals surface area contributed by atoms with Crippen molar-refractivity contribution < 1.29 is 13.5 Å². The Morgan fingerprint density at radius 2 is 1.91 bits per heavy atom. The lowest BCUT2D eigenvalue weighted by molar-refractivity contribution is 0.415. The molecule has 172 valence electrons. The van der Waals surface area contributed by atoms with Crippen molar-refractivity contribution >= 4 is 17.0 Å². The van der Waals surface area contributed by atoms with Crippen molar-refractivity contribution in [2.45, 2.75) is 20.4 Å². The van der Waals surface area contributed by atoms with E-state index in [4.69, 9.17) is 19.9 Å². The molecule has 0 saturated carbocycles. The third kappa shape index (κ3) is 3.88. The normalized spacial score (nSPS) is 11.2. The summed E-state index contributed by atoms with van der Waals surface area (Å²) >= 11 is 0. The van der Waals surface area contributed by atoms with Gasteiger partial charge >= 0.3 is 0 Å². The van der Waals surface area contributed by atoms with Crippen LogP contribution in [0.4, 0.5) is 15.8 Å². The molecule has 3 N–H and O–H groups in total. The van der Waals surface area contributed by atoms with Gasteiger partial charge in [-0.25, -0.2) is 14.4 Å². The first-order valence-electron chi connectivity index (χ1n) is 10.8. The largest absolute Gasteiger partial charge is 0.496 e. The lowest BCUT2D eigenvalue weighted by atomic mass is 10.1. The highest BCUT2D eigenvalue weighted by Gasteiger charge is 2.16. The first kappa shape index (κ1) is 21.7. The van der Waals surface area contributed by atoms with E-state index >= 15 is 0 Å². The number of hydrogen-bond acceptors (Lipinski definition) is 6. The van der Waals surface area contributed by atoms with Crippen LogP contribution in [0, 0.1) is 19.7 Å². The van der Waals surface area contributed by atoms with Crippen LogP contribution in [0.3, 0.4) is 0 Å². The molecular weight excluding hydrogens is 433 g/mol. The van der Waals surface area contributed by atoms with Gasteiger partial charge in [0.05, 0.1) is 29.7 Å². The zero-order valence-electron chi connectivity index (χ0n) is 19.1. The van der Waals surface area contributed by atoms with E-state index in [1.54, 1.807) is 13.2 Å². The molecule has 0 atom stereocenters. The van der Waals surface area contributed by atoms with Crippen LogP contribution >= 0.6 is 0 Å². The number of aryl methyl sites for hydroxylation is 2. The molecule has 0 saturated heterocycles. The molecule has 34 heavy (non-hydrogen) atoms. The highest BCUT2D eigenvalue weighted by atomic mass is 19.1. The second kappa shape index (κ2) is 8.64. The van der Waals surface area contributed by atoms with Gasteiger partial charge in [0.1, 0.15) is 11.6 Å². The Kier molecular flexibility index (Phi) is 5.51. The predicted octanol–water partition coefficient (Wildman–Crippen LogP) is 5.62. The fraction of sp³-hybridized carbons (Fsp3) is 0.154. The number of pyridine rings is 1. The van der Waals surface area contributed by atoms with E-state index in [1.165, 1.54) is 18.5 Å². The Bertz CT molecular complexity index is 1500. The minimum Gasteiger partial charge on any atom is -0.496 e. The summed E-state index contributed by atoms with van der Waals surface area (Å²) in [5.74, 6) is 1.06. The van der Waals surface area contributed by atoms with Crippen molar-refractivity contribution in [2.75, 3.05) is 12.4 Å². The number of nitrogens with two attached hydrogens (primary N) is 1. The van der Waals surface area contributed by atoms with Gasteiger partial charge in [-0.1, -0.05) is 0 Å². The van der Waals surface area contributed by atoms with Crippen LogP contribution in [0.2, 0.25) is 0 Å². The third-order valence-corrected chi connectivity index (χ3v) is 5.78. The van der Waals surface area contributed by atoms with Crippen LogP contribution in [0.25, 0.3) is 28.2 Å². The van der Waals surface area contributed by atoms with Gasteiger partial charge in [0.15, 0.2) is 17.8 Å². The molecule has 0 aliphatic rings. The summed E-state index contributed by atoms with van der Waals surface area (Å²) in [5.41, 5.74) is 13.3. The van der Waals surface area contributed by atoms with Crippen LogP contribution in [0.15, 0.2) is 65.7 Å². The maximum atomic E-state index is 13.6. The number of halogens is 1. The van der Waals surface area contributed by atoms with Gasteiger partial charge in [0, 0.05) is 36.3 Å². The van der Waals surface area contributed by atoms with Gasteiger partial charge in [0.2, 0.25) is 0 Å². The number of anilines is 2. The summed E-state index contributed by atoms with van der Waals surface area (Å²) in [5, 5.41) is 3.45. The summed E-state index contributed by atoms with van der Waals surface area (Å²) in [6.45, 7) is 4.13. The predicted molar refractivity (Wildman–Crippen MR) is 130 cm³/mol. The van der Waals surface area contributed by atoms with Gasteiger partial charge < -0.3 is 24.6 Å². The van der Waals surface area contributed by atoms with Crippen molar-refractivity contribution in [3.63, 3.8) is 0 Å². The molecule has 3 aromatic heterocycles. The molecule has 5 aromatic rings. The zero-order valence-corrected chi connectivity index (χ0v) is 19.1. The van der Waals surface area contributed by atoms with E-state index in [1.807, 2.05) is 54.9 Å². The quantitative estimate of drug-likeness (QED) is 0.344. The fourth-order valence-electron chi connectivity index (χ4n) is 4.08. The average molecular weight is 458 g/mol. The minimum atomic E-state index is -0.268. The molecule has 0 aliphatic heterocycles. The lowest BCUT2D eigenvalue weighted by Crippen LogP contribution is -2.02. The summed E-state index contributed by atoms with van der Waals surface area (Å²) < 4.78 is 26.7. The summed E-state index contributed by atoms with van der Waals surface area (Å²) in [4.78, 5) is 9.01. The third-order valence-electron chi connectivity index (χ3n) is 5.78.